The molecule has 4 aromatic rings. The van der Waals surface area contributed by atoms with E-state index in [4.69, 9.17) is 9.97 Å². The second-order valence-corrected chi connectivity index (χ2v) is 9.05. The minimum absolute atomic E-state index is 0.902. The number of rotatable bonds is 1. The molecular formula is C29H26N5+. The molecule has 0 saturated carbocycles. The predicted octanol–water partition coefficient (Wildman–Crippen LogP) is 6.17. The molecule has 0 spiro atoms. The van der Waals surface area contributed by atoms with Crippen molar-refractivity contribution in [2.45, 2.75) is 27.7 Å². The van der Waals surface area contributed by atoms with Gasteiger partial charge in [-0.25, -0.2) is 9.97 Å². The van der Waals surface area contributed by atoms with Crippen LogP contribution in [0, 0.1) is 27.7 Å². The van der Waals surface area contributed by atoms with Crippen LogP contribution in [0.4, 0.5) is 0 Å². The first kappa shape index (κ1) is 20.4. The molecule has 0 radical (unpaired) electrons. The molecule has 2 aliphatic heterocycles. The first-order chi connectivity index (χ1) is 16.4. The Bertz CT molecular complexity index is 1600. The van der Waals surface area contributed by atoms with E-state index in [2.05, 4.69) is 115 Å². The van der Waals surface area contributed by atoms with E-state index in [1.54, 1.807) is 0 Å². The zero-order valence-electron chi connectivity index (χ0n) is 19.8. The van der Waals surface area contributed by atoms with Crippen molar-refractivity contribution < 1.29 is 4.57 Å². The van der Waals surface area contributed by atoms with Crippen LogP contribution in [-0.2, 0) is 0 Å². The fraction of sp³-hybridized carbons (Fsp3) is 0.138. The summed E-state index contributed by atoms with van der Waals surface area (Å²) in [6.45, 7) is 8.69. The maximum absolute atomic E-state index is 5.00. The highest BCUT2D eigenvalue weighted by Gasteiger charge is 2.25. The minimum Gasteiger partial charge on any atom is -0.355 e. The van der Waals surface area contributed by atoms with Crippen molar-refractivity contribution in [1.82, 2.24) is 19.9 Å². The van der Waals surface area contributed by atoms with Gasteiger partial charge in [0.25, 0.3) is 5.69 Å². The van der Waals surface area contributed by atoms with Crippen LogP contribution in [0.3, 0.4) is 0 Å². The summed E-state index contributed by atoms with van der Waals surface area (Å²) in [5, 5.41) is 0. The third kappa shape index (κ3) is 3.46. The smallest absolute Gasteiger partial charge is 0.262 e. The van der Waals surface area contributed by atoms with Crippen molar-refractivity contribution in [3.8, 4) is 5.69 Å². The highest BCUT2D eigenvalue weighted by atomic mass is 15.0. The molecule has 0 amide bonds. The van der Waals surface area contributed by atoms with Gasteiger partial charge in [-0.15, -0.1) is 0 Å². The topological polar surface area (TPSA) is 61.2 Å². The van der Waals surface area contributed by atoms with Crippen LogP contribution >= 0.6 is 0 Å². The largest absolute Gasteiger partial charge is 0.355 e. The van der Waals surface area contributed by atoms with Gasteiger partial charge in [0.15, 0.2) is 11.9 Å². The average molecular weight is 445 g/mol. The first-order valence-electron chi connectivity index (χ1n) is 11.5. The standard InChI is InChI=1S/C29H26N5/c1-17-16-34(20(4)19(3)18(17)2)29-27-11-9-25(32-27)14-23-7-5-21(30-23)13-22-6-8-24(31-22)15-26-10-12-28(29)33-26/h5-16,30-31H,1-4H3/q+1. The van der Waals surface area contributed by atoms with Gasteiger partial charge in [-0.3, -0.25) is 0 Å². The van der Waals surface area contributed by atoms with E-state index in [-0.39, 0.29) is 0 Å². The Kier molecular flexibility index (Phi) is 4.59. The number of nitrogens with one attached hydrogen (secondary N) is 2. The van der Waals surface area contributed by atoms with Crippen molar-refractivity contribution in [3.63, 3.8) is 0 Å². The number of H-pyrrole nitrogens is 2. The number of aromatic nitrogens is 5. The molecule has 5 heteroatoms. The summed E-state index contributed by atoms with van der Waals surface area (Å²) in [5.41, 5.74) is 13.8. The molecule has 4 aromatic heterocycles. The predicted molar refractivity (Wildman–Crippen MR) is 139 cm³/mol. The van der Waals surface area contributed by atoms with Crippen molar-refractivity contribution in [3.05, 3.63) is 93.8 Å². The van der Waals surface area contributed by atoms with Crippen molar-refractivity contribution >= 4 is 46.4 Å². The highest BCUT2D eigenvalue weighted by Crippen LogP contribution is 2.24. The first-order valence-corrected chi connectivity index (χ1v) is 11.5. The minimum atomic E-state index is 0.902. The van der Waals surface area contributed by atoms with Gasteiger partial charge in [0.2, 0.25) is 0 Å². The van der Waals surface area contributed by atoms with Gasteiger partial charge in [-0.05, 0) is 93.1 Å². The lowest BCUT2D eigenvalue weighted by atomic mass is 10.0. The second-order valence-electron chi connectivity index (χ2n) is 9.05. The number of aryl methyl sites for hydroxylation is 1. The molecule has 2 N–H and O–H groups in total. The van der Waals surface area contributed by atoms with Gasteiger partial charge >= 0.3 is 0 Å². The van der Waals surface area contributed by atoms with Crippen LogP contribution in [0.15, 0.2) is 48.7 Å². The monoisotopic (exact) mass is 444 g/mol. The van der Waals surface area contributed by atoms with E-state index >= 15 is 0 Å². The molecule has 0 saturated heterocycles. The lowest BCUT2D eigenvalue weighted by Crippen LogP contribution is -2.37. The number of hydrogen-bond acceptors (Lipinski definition) is 2. The molecule has 0 fully saturated rings. The molecular weight excluding hydrogens is 418 g/mol. The highest BCUT2D eigenvalue weighted by molar-refractivity contribution is 5.81. The Hall–Kier alpha value is -4.25. The quantitative estimate of drug-likeness (QED) is 0.298. The third-order valence-corrected chi connectivity index (χ3v) is 6.81. The molecule has 5 nitrogen and oxygen atoms in total. The molecule has 34 heavy (non-hydrogen) atoms. The number of aromatic amines is 2. The van der Waals surface area contributed by atoms with Gasteiger partial charge < -0.3 is 9.97 Å². The van der Waals surface area contributed by atoms with Crippen LogP contribution in [0.1, 0.15) is 45.2 Å². The summed E-state index contributed by atoms with van der Waals surface area (Å²) in [4.78, 5) is 16.9. The Balaban J connectivity index is 1.74. The number of nitrogens with zero attached hydrogens (tertiary/aromatic N) is 3. The maximum atomic E-state index is 5.00. The maximum Gasteiger partial charge on any atom is 0.262 e. The van der Waals surface area contributed by atoms with Gasteiger partial charge in [-0.2, -0.15) is 4.57 Å². The lowest BCUT2D eigenvalue weighted by molar-refractivity contribution is -0.604. The molecule has 6 heterocycles. The van der Waals surface area contributed by atoms with Gasteiger partial charge in [-0.1, -0.05) is 0 Å². The molecule has 0 unspecified atom stereocenters. The zero-order valence-corrected chi connectivity index (χ0v) is 19.8. The molecule has 2 aliphatic rings. The molecule has 0 aromatic carbocycles. The van der Waals surface area contributed by atoms with Crippen LogP contribution in [0.2, 0.25) is 0 Å². The fourth-order valence-corrected chi connectivity index (χ4v) is 4.61. The van der Waals surface area contributed by atoms with E-state index in [9.17, 15) is 0 Å². The lowest BCUT2D eigenvalue weighted by Gasteiger charge is -2.09. The Morgan fingerprint density at radius 1 is 0.618 bits per heavy atom. The van der Waals surface area contributed by atoms with E-state index in [0.717, 1.165) is 50.5 Å². The zero-order chi connectivity index (χ0) is 23.4. The summed E-state index contributed by atoms with van der Waals surface area (Å²) >= 11 is 0. The molecule has 8 bridgehead atoms. The van der Waals surface area contributed by atoms with Crippen LogP contribution in [0.5, 0.6) is 0 Å². The van der Waals surface area contributed by atoms with E-state index in [1.165, 1.54) is 22.4 Å². The summed E-state index contributed by atoms with van der Waals surface area (Å²) in [6.07, 6.45) is 10.5. The van der Waals surface area contributed by atoms with Crippen molar-refractivity contribution in [2.24, 2.45) is 0 Å². The SMILES string of the molecule is Cc1c[n+](-c2c3nc(cc4ccc(cc5ccc(cc6nc2C=C6)[nH]5)[nH]4)C=C3)c(C)c(C)c1C. The van der Waals surface area contributed by atoms with E-state index in [1.807, 2.05) is 0 Å². The van der Waals surface area contributed by atoms with Crippen LogP contribution in [-0.4, -0.2) is 19.9 Å². The van der Waals surface area contributed by atoms with Gasteiger partial charge in [0, 0.05) is 40.1 Å². The Labute approximate surface area is 198 Å². The molecule has 0 aliphatic carbocycles. The van der Waals surface area contributed by atoms with Gasteiger partial charge in [0.05, 0.1) is 11.4 Å². The van der Waals surface area contributed by atoms with Crippen molar-refractivity contribution in [2.75, 3.05) is 0 Å². The van der Waals surface area contributed by atoms with E-state index in [0.29, 0.717) is 0 Å². The number of fused-ring (bicyclic) bond motifs is 8. The third-order valence-electron chi connectivity index (χ3n) is 6.81. The number of hydrogen-bond donors (Lipinski definition) is 2. The fourth-order valence-electron chi connectivity index (χ4n) is 4.61. The molecule has 166 valence electrons. The summed E-state index contributed by atoms with van der Waals surface area (Å²) in [7, 11) is 0. The summed E-state index contributed by atoms with van der Waals surface area (Å²) < 4.78 is 2.24. The van der Waals surface area contributed by atoms with Gasteiger partial charge in [0.1, 0.15) is 11.4 Å². The summed E-state index contributed by atoms with van der Waals surface area (Å²) in [6, 6.07) is 14.6. The second kappa shape index (κ2) is 7.66. The van der Waals surface area contributed by atoms with E-state index < -0.39 is 0 Å². The Morgan fingerprint density at radius 3 is 1.65 bits per heavy atom. The Morgan fingerprint density at radius 2 is 1.12 bits per heavy atom. The van der Waals surface area contributed by atoms with Crippen LogP contribution < -0.4 is 4.57 Å². The molecule has 6 rings (SSSR count). The van der Waals surface area contributed by atoms with Crippen LogP contribution in [0.25, 0.3) is 52.1 Å². The average Bonchev–Trinajstić information content (AvgIpc) is 3.61. The van der Waals surface area contributed by atoms with Crippen molar-refractivity contribution in [1.29, 1.82) is 0 Å². The normalized spacial score (nSPS) is 12.5. The number of pyridine rings is 1. The molecule has 0 atom stereocenters. The summed E-state index contributed by atoms with van der Waals surface area (Å²) in [5.74, 6) is 0.